The van der Waals surface area contributed by atoms with Gasteiger partial charge in [0.05, 0.1) is 13.3 Å². The molecule has 0 bridgehead atoms. The molecule has 0 unspecified atom stereocenters. The molecule has 2 rings (SSSR count). The Hall–Kier alpha value is -1.52. The maximum Gasteiger partial charge on any atom is 0.123 e. The molecule has 1 aromatic heterocycles. The largest absolute Gasteiger partial charge is 0.496 e. The van der Waals surface area contributed by atoms with Crippen LogP contribution in [0.15, 0.2) is 30.6 Å². The van der Waals surface area contributed by atoms with Crippen LogP contribution in [0.1, 0.15) is 37.1 Å². The number of benzene rings is 1. The third kappa shape index (κ3) is 3.32. The molecule has 0 aliphatic carbocycles. The van der Waals surface area contributed by atoms with Gasteiger partial charge in [0.25, 0.3) is 0 Å². The first-order valence-electron chi connectivity index (χ1n) is 6.59. The number of rotatable bonds is 5. The number of halogens is 1. The van der Waals surface area contributed by atoms with Gasteiger partial charge in [-0.3, -0.25) is 4.68 Å². The van der Waals surface area contributed by atoms with Crippen LogP contribution in [0.25, 0.3) is 0 Å². The van der Waals surface area contributed by atoms with Gasteiger partial charge >= 0.3 is 0 Å². The maximum absolute atomic E-state index is 6.08. The highest BCUT2D eigenvalue weighted by Gasteiger charge is 2.16. The molecule has 5 heteroatoms. The van der Waals surface area contributed by atoms with Crippen molar-refractivity contribution in [2.45, 2.75) is 25.9 Å². The van der Waals surface area contributed by atoms with E-state index in [1.165, 1.54) is 0 Å². The van der Waals surface area contributed by atoms with E-state index in [1.807, 2.05) is 37.6 Å². The minimum Gasteiger partial charge on any atom is -0.496 e. The van der Waals surface area contributed by atoms with Gasteiger partial charge in [-0.15, -0.1) is 0 Å². The van der Waals surface area contributed by atoms with Gasteiger partial charge in [0.1, 0.15) is 5.75 Å². The second-order valence-electron chi connectivity index (χ2n) is 4.94. The summed E-state index contributed by atoms with van der Waals surface area (Å²) in [4.78, 5) is 0. The van der Waals surface area contributed by atoms with Crippen molar-refractivity contribution in [1.29, 1.82) is 0 Å². The molecular weight excluding hydrogens is 274 g/mol. The van der Waals surface area contributed by atoms with Gasteiger partial charge in [0.15, 0.2) is 0 Å². The van der Waals surface area contributed by atoms with Crippen LogP contribution in [-0.2, 0) is 7.05 Å². The molecule has 0 saturated carbocycles. The Morgan fingerprint density at radius 3 is 2.65 bits per heavy atom. The quantitative estimate of drug-likeness (QED) is 0.917. The molecule has 0 radical (unpaired) electrons. The third-order valence-electron chi connectivity index (χ3n) is 3.38. The molecule has 0 aliphatic rings. The standard InChI is InChI=1S/C15H20ClN3O/c1-10(12-8-17-19(3)9-12)18-11(2)14-7-13(16)5-6-15(14)20-4/h5-11,18H,1-4H3/t10-,11+/m1/s1. The summed E-state index contributed by atoms with van der Waals surface area (Å²) in [6.07, 6.45) is 3.89. The van der Waals surface area contributed by atoms with Crippen LogP contribution < -0.4 is 10.1 Å². The maximum atomic E-state index is 6.08. The SMILES string of the molecule is COc1ccc(Cl)cc1[C@H](C)N[C@H](C)c1cnn(C)c1. The van der Waals surface area contributed by atoms with Crippen LogP contribution in [-0.4, -0.2) is 16.9 Å². The zero-order chi connectivity index (χ0) is 14.7. The molecule has 20 heavy (non-hydrogen) atoms. The van der Waals surface area contributed by atoms with E-state index >= 15 is 0 Å². The number of ether oxygens (including phenoxy) is 1. The summed E-state index contributed by atoms with van der Waals surface area (Å²) in [5, 5.41) is 8.44. The van der Waals surface area contributed by atoms with Crippen LogP contribution in [0, 0.1) is 0 Å². The molecule has 1 aromatic carbocycles. The van der Waals surface area contributed by atoms with Crippen molar-refractivity contribution in [2.24, 2.45) is 7.05 Å². The number of aryl methyl sites for hydroxylation is 1. The molecule has 108 valence electrons. The lowest BCUT2D eigenvalue weighted by Crippen LogP contribution is -2.22. The normalized spacial score (nSPS) is 14.1. The molecule has 2 atom stereocenters. The lowest BCUT2D eigenvalue weighted by molar-refractivity contribution is 0.396. The number of hydrogen-bond donors (Lipinski definition) is 1. The van der Waals surface area contributed by atoms with Crippen molar-refractivity contribution in [3.63, 3.8) is 0 Å². The van der Waals surface area contributed by atoms with Gasteiger partial charge in [0.2, 0.25) is 0 Å². The van der Waals surface area contributed by atoms with E-state index in [0.29, 0.717) is 5.02 Å². The number of nitrogens with one attached hydrogen (secondary N) is 1. The Morgan fingerprint density at radius 1 is 1.30 bits per heavy atom. The molecule has 0 saturated heterocycles. The van der Waals surface area contributed by atoms with Crippen molar-refractivity contribution < 1.29 is 4.74 Å². The lowest BCUT2D eigenvalue weighted by atomic mass is 10.0. The monoisotopic (exact) mass is 293 g/mol. The van der Waals surface area contributed by atoms with E-state index in [2.05, 4.69) is 24.3 Å². The van der Waals surface area contributed by atoms with Gasteiger partial charge in [-0.25, -0.2) is 0 Å². The minimum atomic E-state index is 0.124. The van der Waals surface area contributed by atoms with Gasteiger partial charge in [-0.05, 0) is 32.0 Å². The first kappa shape index (κ1) is 14.9. The van der Waals surface area contributed by atoms with Gasteiger partial charge < -0.3 is 10.1 Å². The first-order valence-corrected chi connectivity index (χ1v) is 6.97. The molecule has 4 nitrogen and oxygen atoms in total. The fraction of sp³-hybridized carbons (Fsp3) is 0.400. The molecule has 0 amide bonds. The number of nitrogens with zero attached hydrogens (tertiary/aromatic N) is 2. The van der Waals surface area contributed by atoms with Crippen molar-refractivity contribution >= 4 is 11.6 Å². The van der Waals surface area contributed by atoms with Crippen molar-refractivity contribution in [2.75, 3.05) is 7.11 Å². The molecule has 0 aliphatic heterocycles. The van der Waals surface area contributed by atoms with Crippen molar-refractivity contribution in [3.8, 4) is 5.75 Å². The van der Waals surface area contributed by atoms with Crippen LogP contribution in [0.5, 0.6) is 5.75 Å². The van der Waals surface area contributed by atoms with Crippen LogP contribution in [0.3, 0.4) is 0 Å². The Balaban J connectivity index is 2.15. The minimum absolute atomic E-state index is 0.124. The zero-order valence-electron chi connectivity index (χ0n) is 12.2. The van der Waals surface area contributed by atoms with E-state index < -0.39 is 0 Å². The number of methoxy groups -OCH3 is 1. The van der Waals surface area contributed by atoms with E-state index in [1.54, 1.807) is 11.8 Å². The Kier molecular flexibility index (Phi) is 4.68. The van der Waals surface area contributed by atoms with Crippen molar-refractivity contribution in [1.82, 2.24) is 15.1 Å². The third-order valence-corrected chi connectivity index (χ3v) is 3.62. The molecule has 2 aromatic rings. The lowest BCUT2D eigenvalue weighted by Gasteiger charge is -2.21. The van der Waals surface area contributed by atoms with Crippen LogP contribution in [0.4, 0.5) is 0 Å². The second-order valence-corrected chi connectivity index (χ2v) is 5.38. The highest BCUT2D eigenvalue weighted by Crippen LogP contribution is 2.29. The smallest absolute Gasteiger partial charge is 0.123 e. The summed E-state index contributed by atoms with van der Waals surface area (Å²) >= 11 is 6.08. The summed E-state index contributed by atoms with van der Waals surface area (Å²) < 4.78 is 7.20. The van der Waals surface area contributed by atoms with Crippen molar-refractivity contribution in [3.05, 3.63) is 46.7 Å². The average Bonchev–Trinajstić information content (AvgIpc) is 2.85. The molecular formula is C15H20ClN3O. The molecule has 1 heterocycles. The van der Waals surface area contributed by atoms with E-state index in [0.717, 1.165) is 16.9 Å². The number of aromatic nitrogens is 2. The highest BCUT2D eigenvalue weighted by atomic mass is 35.5. The predicted molar refractivity (Wildman–Crippen MR) is 81.2 cm³/mol. The predicted octanol–water partition coefficient (Wildman–Crippen LogP) is 3.49. The van der Waals surface area contributed by atoms with E-state index in [4.69, 9.17) is 16.3 Å². The second kappa shape index (κ2) is 6.29. The fourth-order valence-corrected chi connectivity index (χ4v) is 2.45. The zero-order valence-corrected chi connectivity index (χ0v) is 13.0. The summed E-state index contributed by atoms with van der Waals surface area (Å²) in [6.45, 7) is 4.21. The Bertz CT molecular complexity index is 582. The Morgan fingerprint density at radius 2 is 2.05 bits per heavy atom. The molecule has 1 N–H and O–H groups in total. The number of hydrogen-bond acceptors (Lipinski definition) is 3. The summed E-state index contributed by atoms with van der Waals surface area (Å²) in [6, 6.07) is 5.99. The van der Waals surface area contributed by atoms with Gasteiger partial charge in [0, 0.05) is 41.5 Å². The molecule has 0 spiro atoms. The highest BCUT2D eigenvalue weighted by molar-refractivity contribution is 6.30. The summed E-state index contributed by atoms with van der Waals surface area (Å²) in [5.41, 5.74) is 2.20. The summed E-state index contributed by atoms with van der Waals surface area (Å²) in [7, 11) is 3.59. The topological polar surface area (TPSA) is 39.1 Å². The van der Waals surface area contributed by atoms with E-state index in [9.17, 15) is 0 Å². The average molecular weight is 294 g/mol. The molecule has 0 fully saturated rings. The van der Waals surface area contributed by atoms with Crippen LogP contribution in [0.2, 0.25) is 5.02 Å². The fourth-order valence-electron chi connectivity index (χ4n) is 2.27. The summed E-state index contributed by atoms with van der Waals surface area (Å²) in [5.74, 6) is 0.841. The Labute approximate surface area is 124 Å². The first-order chi connectivity index (χ1) is 9.51. The van der Waals surface area contributed by atoms with Gasteiger partial charge in [-0.1, -0.05) is 11.6 Å². The van der Waals surface area contributed by atoms with Gasteiger partial charge in [-0.2, -0.15) is 5.10 Å². The van der Waals surface area contributed by atoms with Crippen LogP contribution >= 0.6 is 11.6 Å². The van der Waals surface area contributed by atoms with E-state index in [-0.39, 0.29) is 12.1 Å².